The van der Waals surface area contributed by atoms with Gasteiger partial charge in [0.15, 0.2) is 5.82 Å². The van der Waals surface area contributed by atoms with E-state index in [2.05, 4.69) is 28.9 Å². The number of nitrogens with zero attached hydrogens (tertiary/aromatic N) is 5. The van der Waals surface area contributed by atoms with Gasteiger partial charge < -0.3 is 9.14 Å². The normalized spacial score (nSPS) is 16.9. The van der Waals surface area contributed by atoms with Gasteiger partial charge in [0.25, 0.3) is 0 Å². The van der Waals surface area contributed by atoms with Crippen LogP contribution in [-0.2, 0) is 6.42 Å². The highest BCUT2D eigenvalue weighted by Crippen LogP contribution is 2.39. The Bertz CT molecular complexity index is 1240. The molecule has 0 radical (unpaired) electrons. The van der Waals surface area contributed by atoms with Crippen molar-refractivity contribution in [1.82, 2.24) is 24.0 Å². The standard InChI is InChI=1S/C24H27F2N5O/c1-24(2)10-7-16(8-11-24)3-5-19-28-22(32-23(25)26)21-18(9-13-31(21)29-19)17-4-6-20-27-12-14-30(20)15-17/h4,6,9,12-16,23H,3,5,7-8,10-11H2,1-2H3. The number of rotatable bonds is 6. The van der Waals surface area contributed by atoms with E-state index in [1.807, 2.05) is 35.0 Å². The van der Waals surface area contributed by atoms with Crippen LogP contribution in [0.2, 0.25) is 0 Å². The molecular formula is C24H27F2N5O. The van der Waals surface area contributed by atoms with Gasteiger partial charge in [-0.2, -0.15) is 18.9 Å². The van der Waals surface area contributed by atoms with Gasteiger partial charge in [0.1, 0.15) is 11.2 Å². The maximum atomic E-state index is 13.2. The van der Waals surface area contributed by atoms with E-state index in [1.165, 1.54) is 25.7 Å². The molecule has 0 aliphatic heterocycles. The number of imidazole rings is 1. The number of ether oxygens (including phenoxy) is 1. The molecule has 5 rings (SSSR count). The summed E-state index contributed by atoms with van der Waals surface area (Å²) in [4.78, 5) is 8.66. The highest BCUT2D eigenvalue weighted by Gasteiger charge is 2.27. The molecule has 168 valence electrons. The molecule has 0 spiro atoms. The van der Waals surface area contributed by atoms with Crippen molar-refractivity contribution >= 4 is 11.2 Å². The van der Waals surface area contributed by atoms with Crippen LogP contribution in [0.3, 0.4) is 0 Å². The summed E-state index contributed by atoms with van der Waals surface area (Å²) < 4.78 is 34.8. The lowest BCUT2D eigenvalue weighted by atomic mass is 9.72. The van der Waals surface area contributed by atoms with Crippen molar-refractivity contribution in [3.8, 4) is 17.0 Å². The molecule has 0 saturated heterocycles. The summed E-state index contributed by atoms with van der Waals surface area (Å²) in [6.45, 7) is 1.69. The molecule has 1 saturated carbocycles. The minimum Gasteiger partial charge on any atom is -0.414 e. The number of aromatic nitrogens is 5. The van der Waals surface area contributed by atoms with Gasteiger partial charge >= 0.3 is 6.61 Å². The quantitative estimate of drug-likeness (QED) is 0.381. The Balaban J connectivity index is 1.45. The molecule has 4 aromatic heterocycles. The molecule has 0 bridgehead atoms. The zero-order valence-corrected chi connectivity index (χ0v) is 18.3. The van der Waals surface area contributed by atoms with Gasteiger partial charge in [-0.05, 0) is 61.6 Å². The fourth-order valence-corrected chi connectivity index (χ4v) is 4.70. The Labute approximate surface area is 185 Å². The van der Waals surface area contributed by atoms with Crippen LogP contribution < -0.4 is 4.74 Å². The minimum absolute atomic E-state index is 0.0829. The van der Waals surface area contributed by atoms with E-state index >= 15 is 0 Å². The van der Waals surface area contributed by atoms with Crippen LogP contribution in [0.5, 0.6) is 5.88 Å². The van der Waals surface area contributed by atoms with Crippen molar-refractivity contribution in [2.45, 2.75) is 59.0 Å². The Morgan fingerprint density at radius 1 is 1.16 bits per heavy atom. The predicted octanol–water partition coefficient (Wildman–Crippen LogP) is 5.79. The first-order chi connectivity index (χ1) is 15.4. The van der Waals surface area contributed by atoms with E-state index in [0.717, 1.165) is 23.2 Å². The van der Waals surface area contributed by atoms with E-state index in [4.69, 9.17) is 4.74 Å². The summed E-state index contributed by atoms with van der Waals surface area (Å²) in [7, 11) is 0. The largest absolute Gasteiger partial charge is 0.414 e. The van der Waals surface area contributed by atoms with E-state index in [1.54, 1.807) is 16.9 Å². The second kappa shape index (κ2) is 8.15. The lowest BCUT2D eigenvalue weighted by Crippen LogP contribution is -2.21. The minimum atomic E-state index is -2.96. The van der Waals surface area contributed by atoms with Crippen molar-refractivity contribution in [2.24, 2.45) is 11.3 Å². The number of hydrogen-bond donors (Lipinski definition) is 0. The van der Waals surface area contributed by atoms with Gasteiger partial charge in [0, 0.05) is 42.3 Å². The van der Waals surface area contributed by atoms with Gasteiger partial charge in [0.2, 0.25) is 5.88 Å². The number of hydrogen-bond acceptors (Lipinski definition) is 4. The number of halogens is 2. The molecule has 1 aliphatic rings. The molecule has 8 heteroatoms. The third-order valence-electron chi connectivity index (χ3n) is 6.66. The van der Waals surface area contributed by atoms with Gasteiger partial charge in [-0.15, -0.1) is 0 Å². The summed E-state index contributed by atoms with van der Waals surface area (Å²) >= 11 is 0. The Hall–Kier alpha value is -3.03. The first-order valence-corrected chi connectivity index (χ1v) is 11.1. The van der Waals surface area contributed by atoms with Crippen LogP contribution in [0.15, 0.2) is 43.0 Å². The van der Waals surface area contributed by atoms with E-state index in [-0.39, 0.29) is 5.88 Å². The molecule has 0 N–H and O–H groups in total. The van der Waals surface area contributed by atoms with Gasteiger partial charge in [-0.1, -0.05) is 13.8 Å². The van der Waals surface area contributed by atoms with Crippen LogP contribution in [0, 0.1) is 11.3 Å². The smallest absolute Gasteiger partial charge is 0.388 e. The number of aryl methyl sites for hydroxylation is 1. The van der Waals surface area contributed by atoms with Crippen LogP contribution in [0.25, 0.3) is 22.3 Å². The highest BCUT2D eigenvalue weighted by molar-refractivity contribution is 5.84. The maximum absolute atomic E-state index is 13.2. The van der Waals surface area contributed by atoms with Crippen molar-refractivity contribution in [2.75, 3.05) is 0 Å². The van der Waals surface area contributed by atoms with Crippen molar-refractivity contribution in [3.05, 3.63) is 48.8 Å². The second-order valence-corrected chi connectivity index (χ2v) is 9.49. The Morgan fingerprint density at radius 3 is 2.75 bits per heavy atom. The van der Waals surface area contributed by atoms with E-state index < -0.39 is 6.61 Å². The van der Waals surface area contributed by atoms with Crippen molar-refractivity contribution < 1.29 is 13.5 Å². The van der Waals surface area contributed by atoms with E-state index in [9.17, 15) is 8.78 Å². The van der Waals surface area contributed by atoms with Crippen LogP contribution in [0.4, 0.5) is 8.78 Å². The summed E-state index contributed by atoms with van der Waals surface area (Å²) in [5.41, 5.74) is 3.25. The predicted molar refractivity (Wildman–Crippen MR) is 118 cm³/mol. The lowest BCUT2D eigenvalue weighted by Gasteiger charge is -2.34. The summed E-state index contributed by atoms with van der Waals surface area (Å²) in [6.07, 6.45) is 13.7. The molecule has 32 heavy (non-hydrogen) atoms. The summed E-state index contributed by atoms with van der Waals surface area (Å²) in [6, 6.07) is 5.64. The number of pyridine rings is 1. The van der Waals surface area contributed by atoms with Gasteiger partial charge in [0.05, 0.1) is 0 Å². The highest BCUT2D eigenvalue weighted by atomic mass is 19.3. The molecule has 4 aromatic rings. The van der Waals surface area contributed by atoms with Crippen molar-refractivity contribution in [1.29, 1.82) is 0 Å². The topological polar surface area (TPSA) is 56.7 Å². The van der Waals surface area contributed by atoms with Crippen LogP contribution >= 0.6 is 0 Å². The summed E-state index contributed by atoms with van der Waals surface area (Å²) in [5.74, 6) is 1.08. The lowest BCUT2D eigenvalue weighted by molar-refractivity contribution is -0.0522. The third-order valence-corrected chi connectivity index (χ3v) is 6.66. The molecule has 0 atom stereocenters. The van der Waals surface area contributed by atoms with Crippen molar-refractivity contribution in [3.63, 3.8) is 0 Å². The van der Waals surface area contributed by atoms with Gasteiger partial charge in [-0.25, -0.2) is 9.50 Å². The monoisotopic (exact) mass is 439 g/mol. The Morgan fingerprint density at radius 2 is 1.97 bits per heavy atom. The number of fused-ring (bicyclic) bond motifs is 2. The molecule has 0 amide bonds. The molecule has 0 unspecified atom stereocenters. The average molecular weight is 440 g/mol. The molecular weight excluding hydrogens is 412 g/mol. The SMILES string of the molecule is CC1(C)CCC(CCc2nc(OC(F)F)c3c(-c4ccc5nccn5c4)ccn3n2)CC1. The third kappa shape index (κ3) is 4.18. The molecule has 1 fully saturated rings. The average Bonchev–Trinajstić information content (AvgIpc) is 3.39. The van der Waals surface area contributed by atoms with Gasteiger partial charge in [-0.3, -0.25) is 0 Å². The maximum Gasteiger partial charge on any atom is 0.388 e. The second-order valence-electron chi connectivity index (χ2n) is 9.49. The number of alkyl halides is 2. The first-order valence-electron chi connectivity index (χ1n) is 11.1. The van der Waals surface area contributed by atoms with Crippen LogP contribution in [0.1, 0.15) is 51.8 Å². The zero-order chi connectivity index (χ0) is 22.3. The van der Waals surface area contributed by atoms with Crippen LogP contribution in [-0.4, -0.2) is 30.6 Å². The molecule has 1 aliphatic carbocycles. The zero-order valence-electron chi connectivity index (χ0n) is 18.3. The molecule has 0 aromatic carbocycles. The molecule has 4 heterocycles. The Kier molecular flexibility index (Phi) is 5.31. The fraction of sp³-hybridized carbons (Fsp3) is 0.458. The fourth-order valence-electron chi connectivity index (χ4n) is 4.70. The molecule has 6 nitrogen and oxygen atoms in total. The first kappa shape index (κ1) is 20.8. The van der Waals surface area contributed by atoms with E-state index in [0.29, 0.717) is 29.1 Å². The summed E-state index contributed by atoms with van der Waals surface area (Å²) in [5, 5.41) is 4.62.